The molecule has 1 heterocycles. The van der Waals surface area contributed by atoms with E-state index in [1.54, 1.807) is 0 Å². The number of hydrogen-bond acceptors (Lipinski definition) is 3. The van der Waals surface area contributed by atoms with Crippen molar-refractivity contribution in [2.45, 2.75) is 44.7 Å². The Morgan fingerprint density at radius 2 is 1.69 bits per heavy atom. The molecule has 0 aromatic heterocycles. The summed E-state index contributed by atoms with van der Waals surface area (Å²) in [7, 11) is 0. The second kappa shape index (κ2) is 6.11. The number of carbonyl (C=O) groups is 1. The Morgan fingerprint density at radius 3 is 2.23 bits per heavy atom. The number of aldehydes is 1. The molecule has 1 rings (SSSR count). The Balaban J connectivity index is 2.31. The lowest BCUT2D eigenvalue weighted by molar-refractivity contribution is -0.108. The molecule has 1 atom stereocenters. The van der Waals surface area contributed by atoms with Crippen molar-refractivity contribution in [2.24, 2.45) is 5.73 Å². The van der Waals surface area contributed by atoms with Crippen LogP contribution in [0.15, 0.2) is 0 Å². The number of carbonyl (C=O) groups excluding carboxylic acids is 1. The van der Waals surface area contributed by atoms with Crippen LogP contribution >= 0.6 is 0 Å². The number of likely N-dealkylation sites (tertiary alicyclic amines) is 1. The lowest BCUT2D eigenvalue weighted by Crippen LogP contribution is -2.43. The maximum atomic E-state index is 10.3. The van der Waals surface area contributed by atoms with Crippen molar-refractivity contribution in [1.82, 2.24) is 4.90 Å². The van der Waals surface area contributed by atoms with Crippen molar-refractivity contribution in [3.63, 3.8) is 0 Å². The van der Waals surface area contributed by atoms with Crippen LogP contribution in [0.2, 0.25) is 0 Å². The SMILES string of the molecule is N[C@H](CC=O)N1CCCCCCC1. The summed E-state index contributed by atoms with van der Waals surface area (Å²) in [4.78, 5) is 12.5. The van der Waals surface area contributed by atoms with Crippen molar-refractivity contribution in [2.75, 3.05) is 13.1 Å². The molecule has 0 amide bonds. The van der Waals surface area contributed by atoms with E-state index in [9.17, 15) is 4.79 Å². The largest absolute Gasteiger partial charge is 0.315 e. The molecule has 2 N–H and O–H groups in total. The van der Waals surface area contributed by atoms with Gasteiger partial charge in [0, 0.05) is 6.42 Å². The minimum atomic E-state index is -0.0457. The first-order chi connectivity index (χ1) is 6.34. The third kappa shape index (κ3) is 3.87. The van der Waals surface area contributed by atoms with Gasteiger partial charge in [-0.05, 0) is 25.9 Å². The molecule has 1 fully saturated rings. The minimum absolute atomic E-state index is 0.0457. The summed E-state index contributed by atoms with van der Waals surface area (Å²) >= 11 is 0. The number of nitrogens with zero attached hydrogens (tertiary/aromatic N) is 1. The molecule has 0 saturated carbocycles. The summed E-state index contributed by atoms with van der Waals surface area (Å²) < 4.78 is 0. The summed E-state index contributed by atoms with van der Waals surface area (Å²) in [5.74, 6) is 0. The molecule has 0 bridgehead atoms. The summed E-state index contributed by atoms with van der Waals surface area (Å²) in [5, 5.41) is 0. The van der Waals surface area contributed by atoms with E-state index in [2.05, 4.69) is 4.90 Å². The standard InChI is InChI=1S/C10H20N2O/c11-10(6-9-13)12-7-4-2-1-3-5-8-12/h9-10H,1-8,11H2/t10-/m0/s1. The molecule has 3 nitrogen and oxygen atoms in total. The van der Waals surface area contributed by atoms with Gasteiger partial charge in [0.1, 0.15) is 6.29 Å². The van der Waals surface area contributed by atoms with Crippen LogP contribution in [-0.2, 0) is 4.79 Å². The quantitative estimate of drug-likeness (QED) is 0.669. The number of nitrogens with two attached hydrogens (primary N) is 1. The molecule has 0 radical (unpaired) electrons. The van der Waals surface area contributed by atoms with Crippen LogP contribution in [0.4, 0.5) is 0 Å². The van der Waals surface area contributed by atoms with Crippen LogP contribution in [0.5, 0.6) is 0 Å². The molecule has 1 aliphatic heterocycles. The third-order valence-corrected chi connectivity index (χ3v) is 2.70. The third-order valence-electron chi connectivity index (χ3n) is 2.70. The van der Waals surface area contributed by atoms with Gasteiger partial charge in [-0.15, -0.1) is 0 Å². The fraction of sp³-hybridized carbons (Fsp3) is 0.900. The van der Waals surface area contributed by atoms with Gasteiger partial charge < -0.3 is 10.5 Å². The van der Waals surface area contributed by atoms with Crippen LogP contribution in [-0.4, -0.2) is 30.4 Å². The molecule has 0 aromatic rings. The van der Waals surface area contributed by atoms with Crippen molar-refractivity contribution >= 4 is 6.29 Å². The molecule has 1 saturated heterocycles. The lowest BCUT2D eigenvalue weighted by Gasteiger charge is -2.29. The summed E-state index contributed by atoms with van der Waals surface area (Å²) in [6.45, 7) is 2.13. The van der Waals surface area contributed by atoms with Crippen LogP contribution in [0.1, 0.15) is 38.5 Å². The Labute approximate surface area is 80.3 Å². The Hall–Kier alpha value is -0.410. The van der Waals surface area contributed by atoms with E-state index in [1.807, 2.05) is 0 Å². The van der Waals surface area contributed by atoms with Crippen LogP contribution < -0.4 is 5.73 Å². The van der Waals surface area contributed by atoms with Gasteiger partial charge >= 0.3 is 0 Å². The first kappa shape index (κ1) is 10.7. The molecule has 76 valence electrons. The molecular weight excluding hydrogens is 164 g/mol. The summed E-state index contributed by atoms with van der Waals surface area (Å²) in [6, 6.07) is 0. The monoisotopic (exact) mass is 184 g/mol. The number of hydrogen-bond donors (Lipinski definition) is 1. The predicted molar refractivity (Wildman–Crippen MR) is 53.3 cm³/mol. The lowest BCUT2D eigenvalue weighted by atomic mass is 10.1. The van der Waals surface area contributed by atoms with Crippen LogP contribution in [0, 0.1) is 0 Å². The molecule has 0 spiro atoms. The summed E-state index contributed by atoms with van der Waals surface area (Å²) in [5.41, 5.74) is 5.87. The fourth-order valence-corrected chi connectivity index (χ4v) is 1.85. The van der Waals surface area contributed by atoms with Gasteiger partial charge in [-0.1, -0.05) is 19.3 Å². The summed E-state index contributed by atoms with van der Waals surface area (Å²) in [6.07, 6.45) is 7.78. The highest BCUT2D eigenvalue weighted by molar-refractivity contribution is 5.50. The van der Waals surface area contributed by atoms with E-state index in [0.717, 1.165) is 19.4 Å². The van der Waals surface area contributed by atoms with Crippen molar-refractivity contribution < 1.29 is 4.79 Å². The van der Waals surface area contributed by atoms with E-state index in [4.69, 9.17) is 5.73 Å². The Bertz CT molecular complexity index is 142. The van der Waals surface area contributed by atoms with Gasteiger partial charge in [-0.25, -0.2) is 0 Å². The van der Waals surface area contributed by atoms with Crippen molar-refractivity contribution in [3.8, 4) is 0 Å². The molecule has 0 aliphatic carbocycles. The highest BCUT2D eigenvalue weighted by atomic mass is 16.1. The average molecular weight is 184 g/mol. The van der Waals surface area contributed by atoms with Crippen LogP contribution in [0.25, 0.3) is 0 Å². The van der Waals surface area contributed by atoms with E-state index in [-0.39, 0.29) is 6.17 Å². The maximum Gasteiger partial charge on any atom is 0.122 e. The highest BCUT2D eigenvalue weighted by Gasteiger charge is 2.14. The first-order valence-electron chi connectivity index (χ1n) is 5.28. The smallest absolute Gasteiger partial charge is 0.122 e. The highest BCUT2D eigenvalue weighted by Crippen LogP contribution is 2.11. The van der Waals surface area contributed by atoms with E-state index >= 15 is 0 Å². The van der Waals surface area contributed by atoms with Gasteiger partial charge in [0.15, 0.2) is 0 Å². The zero-order valence-corrected chi connectivity index (χ0v) is 8.24. The number of rotatable bonds is 3. The minimum Gasteiger partial charge on any atom is -0.315 e. The average Bonchev–Trinajstić information content (AvgIpc) is 2.03. The van der Waals surface area contributed by atoms with Gasteiger partial charge in [-0.3, -0.25) is 4.90 Å². The second-order valence-electron chi connectivity index (χ2n) is 3.77. The van der Waals surface area contributed by atoms with E-state index in [0.29, 0.717) is 6.42 Å². The van der Waals surface area contributed by atoms with Gasteiger partial charge in [0.2, 0.25) is 0 Å². The maximum absolute atomic E-state index is 10.3. The molecule has 0 aromatic carbocycles. The second-order valence-corrected chi connectivity index (χ2v) is 3.77. The molecular formula is C10H20N2O. The molecule has 3 heteroatoms. The van der Waals surface area contributed by atoms with Gasteiger partial charge in [0.05, 0.1) is 6.17 Å². The molecule has 1 aliphatic rings. The Kier molecular flexibility index (Phi) is 5.01. The zero-order chi connectivity index (χ0) is 9.52. The van der Waals surface area contributed by atoms with Crippen molar-refractivity contribution in [1.29, 1.82) is 0 Å². The van der Waals surface area contributed by atoms with E-state index < -0.39 is 0 Å². The topological polar surface area (TPSA) is 46.3 Å². The predicted octanol–water partition coefficient (Wildman–Crippen LogP) is 1.13. The fourth-order valence-electron chi connectivity index (χ4n) is 1.85. The Morgan fingerprint density at radius 1 is 1.15 bits per heavy atom. The van der Waals surface area contributed by atoms with Crippen LogP contribution in [0.3, 0.4) is 0 Å². The first-order valence-corrected chi connectivity index (χ1v) is 5.28. The normalized spacial score (nSPS) is 23.2. The molecule has 0 unspecified atom stereocenters. The van der Waals surface area contributed by atoms with Crippen molar-refractivity contribution in [3.05, 3.63) is 0 Å². The van der Waals surface area contributed by atoms with Gasteiger partial charge in [0.25, 0.3) is 0 Å². The van der Waals surface area contributed by atoms with E-state index in [1.165, 1.54) is 32.1 Å². The molecule has 13 heavy (non-hydrogen) atoms. The van der Waals surface area contributed by atoms with Gasteiger partial charge in [-0.2, -0.15) is 0 Å². The zero-order valence-electron chi connectivity index (χ0n) is 8.24.